The molecule has 1 aliphatic carbocycles. The number of aryl methyl sites for hydroxylation is 1. The minimum Gasteiger partial charge on any atom is -0.489 e. The Morgan fingerprint density at radius 2 is 1.94 bits per heavy atom. The van der Waals surface area contributed by atoms with Crippen molar-refractivity contribution in [2.24, 2.45) is 11.8 Å². The van der Waals surface area contributed by atoms with Gasteiger partial charge in [0.1, 0.15) is 23.8 Å². The number of hydrogen-bond acceptors (Lipinski definition) is 4. The fourth-order valence-corrected chi connectivity index (χ4v) is 5.49. The first-order valence-electron chi connectivity index (χ1n) is 11.3. The Bertz CT molecular complexity index is 1090. The highest BCUT2D eigenvalue weighted by Gasteiger charge is 2.53. The lowest BCUT2D eigenvalue weighted by Crippen LogP contribution is -2.36. The second-order valence-electron chi connectivity index (χ2n) is 9.26. The number of fused-ring (bicyclic) bond motifs is 1. The van der Waals surface area contributed by atoms with Gasteiger partial charge >= 0.3 is 0 Å². The van der Waals surface area contributed by atoms with Crippen LogP contribution in [0.2, 0.25) is 0 Å². The lowest BCUT2D eigenvalue weighted by molar-refractivity contribution is -0.0114. The largest absolute Gasteiger partial charge is 0.489 e. The van der Waals surface area contributed by atoms with E-state index >= 15 is 0 Å². The molecule has 0 spiro atoms. The van der Waals surface area contributed by atoms with E-state index in [2.05, 4.69) is 22.0 Å². The fraction of sp³-hybridized carbons (Fsp3) is 0.370. The molecule has 166 valence electrons. The zero-order valence-corrected chi connectivity index (χ0v) is 18.4. The zero-order chi connectivity index (χ0) is 22.1. The molecular weight excluding hydrogens is 403 g/mol. The van der Waals surface area contributed by atoms with Crippen molar-refractivity contribution in [3.05, 3.63) is 95.1 Å². The quantitative estimate of drug-likeness (QED) is 0.606. The number of halogens is 1. The van der Waals surface area contributed by atoms with Crippen LogP contribution in [-0.4, -0.2) is 28.1 Å². The van der Waals surface area contributed by atoms with Crippen LogP contribution in [0.1, 0.15) is 35.2 Å². The molecule has 1 N–H and O–H groups in total. The van der Waals surface area contributed by atoms with Crippen molar-refractivity contribution in [3.63, 3.8) is 0 Å². The van der Waals surface area contributed by atoms with Crippen LogP contribution >= 0.6 is 0 Å². The van der Waals surface area contributed by atoms with Gasteiger partial charge in [-0.15, -0.1) is 0 Å². The molecule has 0 radical (unpaired) electrons. The van der Waals surface area contributed by atoms with Gasteiger partial charge in [-0.3, -0.25) is 9.88 Å². The number of ether oxygens (including phenoxy) is 1. The van der Waals surface area contributed by atoms with E-state index in [0.717, 1.165) is 55.0 Å². The Kier molecular flexibility index (Phi) is 5.70. The molecular formula is C27H29FN2O2. The molecule has 2 fully saturated rings. The molecule has 5 rings (SSSR count). The minimum atomic E-state index is -0.820. The van der Waals surface area contributed by atoms with Gasteiger partial charge in [-0.2, -0.15) is 0 Å². The van der Waals surface area contributed by atoms with Crippen LogP contribution in [0.5, 0.6) is 5.75 Å². The van der Waals surface area contributed by atoms with E-state index in [1.807, 2.05) is 37.3 Å². The summed E-state index contributed by atoms with van der Waals surface area (Å²) in [7, 11) is 0. The van der Waals surface area contributed by atoms with E-state index < -0.39 is 5.60 Å². The maximum atomic E-state index is 13.3. The molecule has 3 atom stereocenters. The number of aromatic nitrogens is 1. The van der Waals surface area contributed by atoms with E-state index in [1.54, 1.807) is 12.3 Å². The van der Waals surface area contributed by atoms with Crippen molar-refractivity contribution in [2.45, 2.75) is 38.5 Å². The summed E-state index contributed by atoms with van der Waals surface area (Å²) in [4.78, 5) is 7.00. The van der Waals surface area contributed by atoms with Crippen LogP contribution in [-0.2, 0) is 18.8 Å². The van der Waals surface area contributed by atoms with Gasteiger partial charge in [-0.1, -0.05) is 30.3 Å². The first-order chi connectivity index (χ1) is 15.5. The Morgan fingerprint density at radius 1 is 1.09 bits per heavy atom. The topological polar surface area (TPSA) is 45.6 Å². The molecule has 3 aromatic rings. The summed E-state index contributed by atoms with van der Waals surface area (Å²) in [5, 5.41) is 11.6. The third-order valence-electron chi connectivity index (χ3n) is 7.07. The van der Waals surface area contributed by atoms with Crippen molar-refractivity contribution in [1.82, 2.24) is 9.88 Å². The van der Waals surface area contributed by atoms with Crippen molar-refractivity contribution in [2.75, 3.05) is 13.1 Å². The van der Waals surface area contributed by atoms with Gasteiger partial charge in [0.2, 0.25) is 0 Å². The number of likely N-dealkylation sites (tertiary alicyclic amines) is 1. The molecule has 1 aromatic heterocycles. The van der Waals surface area contributed by atoms with Crippen molar-refractivity contribution < 1.29 is 14.2 Å². The molecule has 4 nitrogen and oxygen atoms in total. The third kappa shape index (κ3) is 4.15. The fourth-order valence-electron chi connectivity index (χ4n) is 5.49. The Morgan fingerprint density at radius 3 is 2.72 bits per heavy atom. The molecule has 5 heteroatoms. The summed E-state index contributed by atoms with van der Waals surface area (Å²) < 4.78 is 19.1. The Hall–Kier alpha value is -2.76. The van der Waals surface area contributed by atoms with Gasteiger partial charge in [-0.25, -0.2) is 4.39 Å². The van der Waals surface area contributed by atoms with Crippen LogP contribution in [0.4, 0.5) is 4.39 Å². The van der Waals surface area contributed by atoms with Gasteiger partial charge in [0.25, 0.3) is 0 Å². The highest BCUT2D eigenvalue weighted by Crippen LogP contribution is 2.50. The lowest BCUT2D eigenvalue weighted by Gasteiger charge is -2.31. The monoisotopic (exact) mass is 432 g/mol. The summed E-state index contributed by atoms with van der Waals surface area (Å²) in [5.74, 6) is 1.26. The smallest absolute Gasteiger partial charge is 0.123 e. The summed E-state index contributed by atoms with van der Waals surface area (Å²) in [6, 6.07) is 18.6. The van der Waals surface area contributed by atoms with Crippen LogP contribution in [0.25, 0.3) is 0 Å². The highest BCUT2D eigenvalue weighted by molar-refractivity contribution is 5.29. The Labute approximate surface area is 188 Å². The number of benzene rings is 2. The molecule has 0 unspecified atom stereocenters. The predicted molar refractivity (Wildman–Crippen MR) is 122 cm³/mol. The summed E-state index contributed by atoms with van der Waals surface area (Å²) in [6.45, 7) is 5.14. The SMILES string of the molecule is Cc1cccnc1[C@]1(O)CC[C@H]2CN(Cc3ccc(OCc4cccc(F)c4)cc3)C[C@H]21. The Balaban J connectivity index is 1.20. The number of hydrogen-bond donors (Lipinski definition) is 1. The van der Waals surface area contributed by atoms with E-state index in [1.165, 1.54) is 17.7 Å². The summed E-state index contributed by atoms with van der Waals surface area (Å²) in [6.07, 6.45) is 3.63. The number of nitrogens with zero attached hydrogens (tertiary/aromatic N) is 2. The van der Waals surface area contributed by atoms with Gasteiger partial charge in [0.15, 0.2) is 0 Å². The van der Waals surface area contributed by atoms with Crippen molar-refractivity contribution in [3.8, 4) is 5.75 Å². The summed E-state index contributed by atoms with van der Waals surface area (Å²) in [5.41, 5.74) is 3.14. The van der Waals surface area contributed by atoms with E-state index in [-0.39, 0.29) is 11.7 Å². The number of rotatable bonds is 6. The van der Waals surface area contributed by atoms with Gasteiger partial charge in [0.05, 0.1) is 5.69 Å². The van der Waals surface area contributed by atoms with E-state index in [4.69, 9.17) is 4.74 Å². The van der Waals surface area contributed by atoms with Crippen molar-refractivity contribution >= 4 is 0 Å². The second-order valence-corrected chi connectivity index (χ2v) is 9.26. The standard InChI is InChI=1S/C27H29FN2O2/c1-19-4-3-13-29-26(19)27(31)12-11-22-16-30(17-25(22)27)15-20-7-9-24(10-8-20)32-18-21-5-2-6-23(28)14-21/h2-10,13-14,22,25,31H,11-12,15-18H2,1H3/t22-,25+,27-/m0/s1. The van der Waals surface area contributed by atoms with Crippen LogP contribution < -0.4 is 4.74 Å². The zero-order valence-electron chi connectivity index (χ0n) is 18.4. The average Bonchev–Trinajstić information content (AvgIpc) is 3.34. The van der Waals surface area contributed by atoms with Gasteiger partial charge in [-0.05, 0) is 72.7 Å². The molecule has 0 amide bonds. The first-order valence-corrected chi connectivity index (χ1v) is 11.3. The predicted octanol–water partition coefficient (Wildman–Crippen LogP) is 4.84. The van der Waals surface area contributed by atoms with Crippen LogP contribution in [0.15, 0.2) is 66.9 Å². The highest BCUT2D eigenvalue weighted by atomic mass is 19.1. The molecule has 0 bridgehead atoms. The van der Waals surface area contributed by atoms with E-state index in [0.29, 0.717) is 12.5 Å². The minimum absolute atomic E-state index is 0.227. The average molecular weight is 433 g/mol. The summed E-state index contributed by atoms with van der Waals surface area (Å²) >= 11 is 0. The normalized spacial score (nSPS) is 25.1. The number of aliphatic hydroxyl groups is 1. The van der Waals surface area contributed by atoms with Gasteiger partial charge in [0, 0.05) is 31.7 Å². The molecule has 1 aliphatic heterocycles. The molecule has 2 aromatic carbocycles. The van der Waals surface area contributed by atoms with E-state index in [9.17, 15) is 9.50 Å². The van der Waals surface area contributed by atoms with Crippen LogP contribution in [0, 0.1) is 24.6 Å². The van der Waals surface area contributed by atoms with Crippen LogP contribution in [0.3, 0.4) is 0 Å². The molecule has 32 heavy (non-hydrogen) atoms. The lowest BCUT2D eigenvalue weighted by atomic mass is 9.83. The first kappa shape index (κ1) is 21.1. The molecule has 1 saturated carbocycles. The number of pyridine rings is 1. The molecule has 1 saturated heterocycles. The van der Waals surface area contributed by atoms with Gasteiger partial charge < -0.3 is 9.84 Å². The third-order valence-corrected chi connectivity index (χ3v) is 7.07. The maximum absolute atomic E-state index is 13.3. The second kappa shape index (κ2) is 8.64. The maximum Gasteiger partial charge on any atom is 0.123 e. The van der Waals surface area contributed by atoms with Crippen molar-refractivity contribution in [1.29, 1.82) is 0 Å². The molecule has 2 heterocycles. The molecule has 2 aliphatic rings.